The maximum absolute atomic E-state index is 12.4. The zero-order valence-corrected chi connectivity index (χ0v) is 7.16. The topological polar surface area (TPSA) is 70.4 Å². The normalized spacial score (nSPS) is 10.6. The van der Waals surface area contributed by atoms with Crippen LogP contribution in [0.1, 0.15) is 28.0 Å². The van der Waals surface area contributed by atoms with E-state index >= 15 is 0 Å². The first-order valence-corrected chi connectivity index (χ1v) is 3.65. The molecule has 0 saturated heterocycles. The number of aromatic carboxylic acids is 1. The third-order valence-electron chi connectivity index (χ3n) is 1.78. The van der Waals surface area contributed by atoms with E-state index in [9.17, 15) is 13.6 Å². The second-order valence-corrected chi connectivity index (χ2v) is 2.64. The Hall–Kier alpha value is -1.72. The number of carboxylic acid groups (broad SMARTS) is 1. The number of carbonyl (C=O) groups is 1. The number of halogens is 2. The van der Waals surface area contributed by atoms with E-state index in [0.29, 0.717) is 0 Å². The predicted octanol–water partition coefficient (Wildman–Crippen LogP) is 1.73. The van der Waals surface area contributed by atoms with Crippen LogP contribution in [0.5, 0.6) is 5.75 Å². The van der Waals surface area contributed by atoms with Crippen LogP contribution >= 0.6 is 0 Å². The molecule has 1 aromatic rings. The lowest BCUT2D eigenvalue weighted by Gasteiger charge is -2.08. The SMILES string of the molecule is Cc1c(O)cnc(C(=O)O)c1C(F)F. The summed E-state index contributed by atoms with van der Waals surface area (Å²) in [7, 11) is 0. The minimum absolute atomic E-state index is 0.160. The summed E-state index contributed by atoms with van der Waals surface area (Å²) in [5, 5.41) is 17.6. The maximum Gasteiger partial charge on any atom is 0.355 e. The van der Waals surface area contributed by atoms with Gasteiger partial charge in [-0.1, -0.05) is 0 Å². The van der Waals surface area contributed by atoms with E-state index in [1.165, 1.54) is 6.92 Å². The molecule has 0 spiro atoms. The van der Waals surface area contributed by atoms with Gasteiger partial charge in [-0.05, 0) is 6.92 Å². The van der Waals surface area contributed by atoms with Gasteiger partial charge >= 0.3 is 5.97 Å². The van der Waals surface area contributed by atoms with Gasteiger partial charge in [0.15, 0.2) is 5.69 Å². The van der Waals surface area contributed by atoms with Gasteiger partial charge in [-0.3, -0.25) is 0 Å². The highest BCUT2D eigenvalue weighted by molar-refractivity contribution is 5.87. The summed E-state index contributed by atoms with van der Waals surface area (Å²) in [5.41, 5.74) is -1.62. The quantitative estimate of drug-likeness (QED) is 0.767. The van der Waals surface area contributed by atoms with Crippen LogP contribution in [0.4, 0.5) is 8.78 Å². The van der Waals surface area contributed by atoms with Crippen LogP contribution in [0.25, 0.3) is 0 Å². The van der Waals surface area contributed by atoms with Gasteiger partial charge in [-0.25, -0.2) is 18.6 Å². The van der Waals surface area contributed by atoms with E-state index in [2.05, 4.69) is 4.98 Å². The standard InChI is InChI=1S/C8H7F2NO3/c1-3-4(12)2-11-6(8(13)14)5(3)7(9)10/h2,7,12H,1H3,(H,13,14). The van der Waals surface area contributed by atoms with Crippen molar-refractivity contribution in [1.82, 2.24) is 4.98 Å². The monoisotopic (exact) mass is 203 g/mol. The van der Waals surface area contributed by atoms with E-state index in [-0.39, 0.29) is 5.56 Å². The Morgan fingerprint density at radius 2 is 2.14 bits per heavy atom. The molecule has 1 heterocycles. The van der Waals surface area contributed by atoms with Crippen molar-refractivity contribution in [3.8, 4) is 5.75 Å². The van der Waals surface area contributed by atoms with Gasteiger partial charge in [0, 0.05) is 5.56 Å². The molecule has 76 valence electrons. The van der Waals surface area contributed by atoms with Crippen molar-refractivity contribution in [2.75, 3.05) is 0 Å². The number of carboxylic acids is 1. The van der Waals surface area contributed by atoms with E-state index in [0.717, 1.165) is 6.20 Å². The molecule has 4 nitrogen and oxygen atoms in total. The Bertz CT molecular complexity index is 379. The molecule has 0 bridgehead atoms. The fraction of sp³-hybridized carbons (Fsp3) is 0.250. The number of pyridine rings is 1. The van der Waals surface area contributed by atoms with E-state index in [4.69, 9.17) is 10.2 Å². The highest BCUT2D eigenvalue weighted by Crippen LogP contribution is 2.30. The molecule has 0 atom stereocenters. The molecule has 0 aliphatic carbocycles. The van der Waals surface area contributed by atoms with E-state index in [1.54, 1.807) is 0 Å². The average molecular weight is 203 g/mol. The van der Waals surface area contributed by atoms with Crippen LogP contribution in [0.15, 0.2) is 6.20 Å². The van der Waals surface area contributed by atoms with Crippen molar-refractivity contribution in [1.29, 1.82) is 0 Å². The molecule has 0 aromatic carbocycles. The molecular weight excluding hydrogens is 196 g/mol. The van der Waals surface area contributed by atoms with Crippen LogP contribution in [0.2, 0.25) is 0 Å². The summed E-state index contributed by atoms with van der Waals surface area (Å²) in [4.78, 5) is 13.7. The van der Waals surface area contributed by atoms with Crippen LogP contribution in [-0.2, 0) is 0 Å². The van der Waals surface area contributed by atoms with Gasteiger partial charge in [0.05, 0.1) is 11.8 Å². The minimum atomic E-state index is -2.97. The van der Waals surface area contributed by atoms with E-state index < -0.39 is 29.4 Å². The van der Waals surface area contributed by atoms with Gasteiger partial charge in [0.1, 0.15) is 5.75 Å². The van der Waals surface area contributed by atoms with Gasteiger partial charge < -0.3 is 10.2 Å². The van der Waals surface area contributed by atoms with Crippen molar-refractivity contribution < 1.29 is 23.8 Å². The summed E-state index contributed by atoms with van der Waals surface area (Å²) < 4.78 is 24.8. The van der Waals surface area contributed by atoms with Crippen molar-refractivity contribution in [2.24, 2.45) is 0 Å². The summed E-state index contributed by atoms with van der Waals surface area (Å²) in [6, 6.07) is 0. The Morgan fingerprint density at radius 1 is 1.57 bits per heavy atom. The smallest absolute Gasteiger partial charge is 0.355 e. The lowest BCUT2D eigenvalue weighted by Crippen LogP contribution is -2.08. The third-order valence-corrected chi connectivity index (χ3v) is 1.78. The average Bonchev–Trinajstić information content (AvgIpc) is 2.08. The number of aromatic hydroxyl groups is 1. The molecule has 0 saturated carbocycles. The molecular formula is C8H7F2NO3. The predicted molar refractivity (Wildman–Crippen MR) is 42.6 cm³/mol. The highest BCUT2D eigenvalue weighted by atomic mass is 19.3. The lowest BCUT2D eigenvalue weighted by atomic mass is 10.1. The van der Waals surface area contributed by atoms with Gasteiger partial charge in [-0.2, -0.15) is 0 Å². The Kier molecular flexibility index (Phi) is 2.64. The van der Waals surface area contributed by atoms with Crippen molar-refractivity contribution in [3.05, 3.63) is 23.0 Å². The number of hydrogen-bond acceptors (Lipinski definition) is 3. The number of nitrogens with zero attached hydrogens (tertiary/aromatic N) is 1. The Balaban J connectivity index is 3.45. The number of rotatable bonds is 2. The Labute approximate surface area is 77.8 Å². The number of alkyl halides is 2. The molecule has 1 rings (SSSR count). The first-order valence-electron chi connectivity index (χ1n) is 3.65. The van der Waals surface area contributed by atoms with Gasteiger partial charge in [0.25, 0.3) is 6.43 Å². The second-order valence-electron chi connectivity index (χ2n) is 2.64. The van der Waals surface area contributed by atoms with Crippen molar-refractivity contribution in [2.45, 2.75) is 13.3 Å². The molecule has 6 heteroatoms. The summed E-state index contributed by atoms with van der Waals surface area (Å²) >= 11 is 0. The Morgan fingerprint density at radius 3 is 2.57 bits per heavy atom. The van der Waals surface area contributed by atoms with Gasteiger partial charge in [-0.15, -0.1) is 0 Å². The van der Waals surface area contributed by atoms with Crippen LogP contribution in [0.3, 0.4) is 0 Å². The minimum Gasteiger partial charge on any atom is -0.506 e. The van der Waals surface area contributed by atoms with Crippen LogP contribution in [0, 0.1) is 6.92 Å². The number of hydrogen-bond donors (Lipinski definition) is 2. The van der Waals surface area contributed by atoms with Crippen molar-refractivity contribution in [3.63, 3.8) is 0 Å². The first-order chi connectivity index (χ1) is 6.45. The van der Waals surface area contributed by atoms with Crippen LogP contribution in [-0.4, -0.2) is 21.2 Å². The largest absolute Gasteiger partial charge is 0.506 e. The maximum atomic E-state index is 12.4. The van der Waals surface area contributed by atoms with Crippen molar-refractivity contribution >= 4 is 5.97 Å². The zero-order chi connectivity index (χ0) is 10.9. The molecule has 0 unspecified atom stereocenters. The fourth-order valence-electron chi connectivity index (χ4n) is 1.05. The highest BCUT2D eigenvalue weighted by Gasteiger charge is 2.23. The molecule has 14 heavy (non-hydrogen) atoms. The summed E-state index contributed by atoms with van der Waals surface area (Å²) in [6.45, 7) is 1.21. The lowest BCUT2D eigenvalue weighted by molar-refractivity contribution is 0.0676. The molecule has 1 aromatic heterocycles. The molecule has 0 amide bonds. The summed E-state index contributed by atoms with van der Waals surface area (Å²) in [5.74, 6) is -1.98. The van der Waals surface area contributed by atoms with Crippen LogP contribution < -0.4 is 0 Å². The molecule has 0 fully saturated rings. The molecule has 0 aliphatic heterocycles. The summed E-state index contributed by atoms with van der Waals surface area (Å²) in [6.07, 6.45) is -2.13. The van der Waals surface area contributed by atoms with E-state index in [1.807, 2.05) is 0 Å². The fourth-order valence-corrected chi connectivity index (χ4v) is 1.05. The molecule has 2 N–H and O–H groups in total. The molecule has 0 radical (unpaired) electrons. The molecule has 0 aliphatic rings. The first kappa shape index (κ1) is 10.4. The van der Waals surface area contributed by atoms with Gasteiger partial charge in [0.2, 0.25) is 0 Å². The third kappa shape index (κ3) is 1.63. The number of aromatic nitrogens is 1. The zero-order valence-electron chi connectivity index (χ0n) is 7.16. The second kappa shape index (κ2) is 3.57.